The molecule has 1 N–H and O–H groups in total. The number of hydrogen-bond acceptors (Lipinski definition) is 2. The van der Waals surface area contributed by atoms with Crippen LogP contribution in [0, 0.1) is 0 Å². The lowest BCUT2D eigenvalue weighted by Crippen LogP contribution is -2.37. The summed E-state index contributed by atoms with van der Waals surface area (Å²) in [5, 5.41) is 17.8. The number of aliphatic carboxylic acids is 1. The second kappa shape index (κ2) is 6.10. The quantitative estimate of drug-likeness (QED) is 0.330. The lowest BCUT2D eigenvalue weighted by molar-refractivity contribution is -0.479. The zero-order chi connectivity index (χ0) is 12.8. The van der Waals surface area contributed by atoms with Gasteiger partial charge >= 0.3 is 12.2 Å². The fourth-order valence-corrected chi connectivity index (χ4v) is 0.400. The van der Waals surface area contributed by atoms with Crippen molar-refractivity contribution in [2.45, 2.75) is 6.18 Å². The highest BCUT2D eigenvalue weighted by Crippen LogP contribution is 2.11. The predicted molar refractivity (Wildman–Crippen MR) is 44.5 cm³/mol. The minimum atomic E-state index is -5.19. The van der Waals surface area contributed by atoms with Crippen LogP contribution < -0.4 is 5.11 Å². The maximum absolute atomic E-state index is 10.5. The molecule has 0 saturated heterocycles. The number of nitrogens with zero attached hydrogens (tertiary/aromatic N) is 2. The maximum Gasteiger partial charge on any atom is 0.442 e. The number of aliphatic hydroxyl groups excluding tert-OH is 1. The number of carboxylic acids is 1. The molecule has 0 fully saturated rings. The Morgan fingerprint density at radius 3 is 1.60 bits per heavy atom. The van der Waals surface area contributed by atoms with Crippen molar-refractivity contribution in [3.05, 3.63) is 0 Å². The van der Waals surface area contributed by atoms with Crippen molar-refractivity contribution in [1.82, 2.24) is 4.90 Å². The molecular weight excluding hydrogens is 217 g/mol. The van der Waals surface area contributed by atoms with E-state index in [1.54, 1.807) is 37.7 Å². The zero-order valence-corrected chi connectivity index (χ0v) is 8.79. The lowest BCUT2D eigenvalue weighted by Gasteiger charge is -2.03. The largest absolute Gasteiger partial charge is 0.542 e. The molecule has 0 heterocycles. The molecule has 0 aliphatic heterocycles. The van der Waals surface area contributed by atoms with E-state index in [4.69, 9.17) is 15.0 Å². The van der Waals surface area contributed by atoms with E-state index < -0.39 is 12.1 Å². The predicted octanol–water partition coefficient (Wildman–Crippen LogP) is -0.967. The van der Waals surface area contributed by atoms with Gasteiger partial charge in [0.1, 0.15) is 5.97 Å². The van der Waals surface area contributed by atoms with Gasteiger partial charge in [0.05, 0.1) is 28.2 Å². The van der Waals surface area contributed by atoms with E-state index in [-0.39, 0.29) is 6.02 Å². The smallest absolute Gasteiger partial charge is 0.442 e. The summed E-state index contributed by atoms with van der Waals surface area (Å²) in [6.45, 7) is 0. The van der Waals surface area contributed by atoms with Crippen LogP contribution in [0.15, 0.2) is 0 Å². The Balaban J connectivity index is 0. The Morgan fingerprint density at radius 2 is 1.60 bits per heavy atom. The molecule has 0 radical (unpaired) electrons. The standard InChI is InChI=1S/C5H12N2O.C2HF3O2/c1-6(2)5(8)7(3)4;3-2(4,5)1(6)7/h1-4H3;(H,6,7). The number of carbonyl (C=O) groups excluding carboxylic acids is 1. The molecule has 15 heavy (non-hydrogen) atoms. The SMILES string of the molecule is CN(C)C(O)=[N+](C)C.O=C([O-])C(F)(F)F. The van der Waals surface area contributed by atoms with Gasteiger partial charge in [-0.15, -0.1) is 0 Å². The molecule has 0 aliphatic carbocycles. The first kappa shape index (κ1) is 16.0. The fraction of sp³-hybridized carbons (Fsp3) is 0.714. The summed E-state index contributed by atoms with van der Waals surface area (Å²) >= 11 is 0. The van der Waals surface area contributed by atoms with Gasteiger partial charge in [-0.3, -0.25) is 0 Å². The van der Waals surface area contributed by atoms with Crippen molar-refractivity contribution in [2.75, 3.05) is 28.2 Å². The highest BCUT2D eigenvalue weighted by Gasteiger charge is 2.28. The van der Waals surface area contributed by atoms with Gasteiger partial charge < -0.3 is 15.0 Å². The number of halogens is 3. The highest BCUT2D eigenvalue weighted by molar-refractivity contribution is 5.70. The van der Waals surface area contributed by atoms with Crippen LogP contribution in [0.1, 0.15) is 0 Å². The molecule has 0 saturated carbocycles. The molecule has 5 nitrogen and oxygen atoms in total. The molecule has 0 unspecified atom stereocenters. The average Bonchev–Trinajstić information content (AvgIpc) is 2.01. The number of carboxylic acid groups (broad SMARTS) is 1. The average molecular weight is 230 g/mol. The summed E-state index contributed by atoms with van der Waals surface area (Å²) < 4.78 is 33.2. The Morgan fingerprint density at radius 1 is 1.33 bits per heavy atom. The van der Waals surface area contributed by atoms with Gasteiger partial charge in [-0.05, 0) is 0 Å². The first-order valence-electron chi connectivity index (χ1n) is 3.68. The number of hydrogen-bond donors (Lipinski definition) is 1. The van der Waals surface area contributed by atoms with E-state index in [0.717, 1.165) is 0 Å². The van der Waals surface area contributed by atoms with Crippen molar-refractivity contribution < 1.29 is 32.8 Å². The van der Waals surface area contributed by atoms with Gasteiger partial charge in [0, 0.05) is 0 Å². The summed E-state index contributed by atoms with van der Waals surface area (Å²) in [4.78, 5) is 10.4. The van der Waals surface area contributed by atoms with E-state index in [2.05, 4.69) is 0 Å². The highest BCUT2D eigenvalue weighted by atomic mass is 19.4. The normalized spacial score (nSPS) is 9.80. The first-order valence-corrected chi connectivity index (χ1v) is 3.68. The van der Waals surface area contributed by atoms with Crippen molar-refractivity contribution >= 4 is 12.0 Å². The number of amidine groups is 1. The Hall–Kier alpha value is -1.47. The van der Waals surface area contributed by atoms with Crippen molar-refractivity contribution in [2.24, 2.45) is 0 Å². The minimum absolute atomic E-state index is 0.269. The van der Waals surface area contributed by atoms with E-state index in [9.17, 15) is 13.2 Å². The van der Waals surface area contributed by atoms with Crippen LogP contribution >= 0.6 is 0 Å². The lowest BCUT2D eigenvalue weighted by atomic mass is 10.7. The summed E-state index contributed by atoms with van der Waals surface area (Å²) in [6, 6.07) is 0.269. The molecular formula is C7H13F3N2O3. The third kappa shape index (κ3) is 8.85. The third-order valence-corrected chi connectivity index (χ3v) is 1.03. The summed E-state index contributed by atoms with van der Waals surface area (Å²) in [7, 11) is 7.15. The molecule has 0 aromatic carbocycles. The molecule has 0 amide bonds. The van der Waals surface area contributed by atoms with E-state index >= 15 is 0 Å². The number of rotatable bonds is 0. The topological polar surface area (TPSA) is 66.6 Å². The molecule has 0 aromatic rings. The van der Waals surface area contributed by atoms with Crippen LogP contribution in [0.5, 0.6) is 0 Å². The van der Waals surface area contributed by atoms with Crippen molar-refractivity contribution in [3.63, 3.8) is 0 Å². The van der Waals surface area contributed by atoms with E-state index in [1.165, 1.54) is 0 Å². The number of alkyl halides is 3. The van der Waals surface area contributed by atoms with Gasteiger partial charge in [0.2, 0.25) is 0 Å². The molecule has 0 rings (SSSR count). The van der Waals surface area contributed by atoms with Gasteiger partial charge in [-0.1, -0.05) is 0 Å². The minimum Gasteiger partial charge on any atom is -0.542 e. The van der Waals surface area contributed by atoms with E-state index in [1.807, 2.05) is 0 Å². The molecule has 0 aliphatic rings. The van der Waals surface area contributed by atoms with Gasteiger partial charge in [-0.2, -0.15) is 13.2 Å². The van der Waals surface area contributed by atoms with Crippen LogP contribution in [0.25, 0.3) is 0 Å². The fourth-order valence-electron chi connectivity index (χ4n) is 0.400. The molecule has 0 spiro atoms. The molecule has 0 atom stereocenters. The van der Waals surface area contributed by atoms with Gasteiger partial charge in [0.25, 0.3) is 0 Å². The van der Waals surface area contributed by atoms with Crippen molar-refractivity contribution in [3.8, 4) is 0 Å². The molecule has 8 heteroatoms. The van der Waals surface area contributed by atoms with Crippen LogP contribution in [0.3, 0.4) is 0 Å². The van der Waals surface area contributed by atoms with Crippen molar-refractivity contribution in [1.29, 1.82) is 0 Å². The summed E-state index contributed by atoms with van der Waals surface area (Å²) in [5.74, 6) is -3.01. The zero-order valence-electron chi connectivity index (χ0n) is 8.79. The Labute approximate surface area is 85.0 Å². The monoisotopic (exact) mass is 230 g/mol. The number of carbonyl (C=O) groups is 1. The molecule has 90 valence electrons. The summed E-state index contributed by atoms with van der Waals surface area (Å²) in [6.07, 6.45) is -5.19. The molecule has 0 bridgehead atoms. The van der Waals surface area contributed by atoms with E-state index in [0.29, 0.717) is 0 Å². The summed E-state index contributed by atoms with van der Waals surface area (Å²) in [5.41, 5.74) is 0. The third-order valence-electron chi connectivity index (χ3n) is 1.03. The van der Waals surface area contributed by atoms with Crippen LogP contribution in [0.4, 0.5) is 13.2 Å². The van der Waals surface area contributed by atoms with Gasteiger partial charge in [0.15, 0.2) is 0 Å². The van der Waals surface area contributed by atoms with Crippen LogP contribution in [-0.2, 0) is 4.79 Å². The molecule has 0 aromatic heterocycles. The number of aliphatic hydroxyl groups is 1. The van der Waals surface area contributed by atoms with Crippen LogP contribution in [0.2, 0.25) is 0 Å². The Bertz CT molecular complexity index is 244. The Kier molecular flexibility index (Phi) is 6.49. The van der Waals surface area contributed by atoms with Gasteiger partial charge in [-0.25, -0.2) is 9.48 Å². The first-order chi connectivity index (χ1) is 6.50. The maximum atomic E-state index is 10.5. The van der Waals surface area contributed by atoms with Crippen LogP contribution in [-0.4, -0.2) is 60.9 Å². The second-order valence-corrected chi connectivity index (χ2v) is 2.87. The second-order valence-electron chi connectivity index (χ2n) is 2.87.